The Morgan fingerprint density at radius 1 is 1.06 bits per heavy atom. The van der Waals surface area contributed by atoms with E-state index in [1.165, 1.54) is 0 Å². The zero-order chi connectivity index (χ0) is 23.4. The van der Waals surface area contributed by atoms with E-state index < -0.39 is 6.04 Å². The number of anilines is 2. The number of hydrogen-bond donors (Lipinski definition) is 3. The van der Waals surface area contributed by atoms with Crippen molar-refractivity contribution in [3.8, 4) is 0 Å². The molecule has 0 fully saturated rings. The number of halogens is 1. The largest absolute Gasteiger partial charge is 0.459 e. The van der Waals surface area contributed by atoms with Gasteiger partial charge in [0.1, 0.15) is 0 Å². The highest BCUT2D eigenvalue weighted by atomic mass is 79.9. The van der Waals surface area contributed by atoms with Crippen LogP contribution in [0.5, 0.6) is 0 Å². The van der Waals surface area contributed by atoms with E-state index in [0.717, 1.165) is 15.7 Å². The van der Waals surface area contributed by atoms with Crippen molar-refractivity contribution in [1.29, 1.82) is 0 Å². The summed E-state index contributed by atoms with van der Waals surface area (Å²) >= 11 is 8.79. The van der Waals surface area contributed by atoms with Crippen LogP contribution in [-0.4, -0.2) is 35.2 Å². The van der Waals surface area contributed by atoms with Crippen molar-refractivity contribution >= 4 is 56.6 Å². The maximum absolute atomic E-state index is 12.8. The second-order valence-corrected chi connectivity index (χ2v) is 8.91. The van der Waals surface area contributed by atoms with Gasteiger partial charge in [0, 0.05) is 28.6 Å². The van der Waals surface area contributed by atoms with E-state index in [2.05, 4.69) is 31.9 Å². The second kappa shape index (κ2) is 10.1. The van der Waals surface area contributed by atoms with Crippen LogP contribution in [0.1, 0.15) is 32.4 Å². The van der Waals surface area contributed by atoms with Gasteiger partial charge < -0.3 is 25.6 Å². The van der Waals surface area contributed by atoms with E-state index in [4.69, 9.17) is 17.0 Å². The molecule has 3 rings (SSSR count). The van der Waals surface area contributed by atoms with Crippen LogP contribution in [0, 0.1) is 0 Å². The van der Waals surface area contributed by atoms with Crippen LogP contribution in [0.25, 0.3) is 0 Å². The minimum absolute atomic E-state index is 0.238. The Balaban J connectivity index is 1.77. The van der Waals surface area contributed by atoms with E-state index in [1.54, 1.807) is 36.2 Å². The summed E-state index contributed by atoms with van der Waals surface area (Å²) in [6.07, 6.45) is -0.238. The molecule has 1 aliphatic rings. The number of nitrogens with one attached hydrogen (secondary N) is 3. The molecule has 9 heteroatoms. The van der Waals surface area contributed by atoms with Gasteiger partial charge in [-0.1, -0.05) is 28.1 Å². The Morgan fingerprint density at radius 3 is 2.12 bits per heavy atom. The first-order chi connectivity index (χ1) is 15.2. The van der Waals surface area contributed by atoms with Crippen LogP contribution in [-0.2, 0) is 9.53 Å². The van der Waals surface area contributed by atoms with Gasteiger partial charge in [-0.2, -0.15) is 0 Å². The zero-order valence-corrected chi connectivity index (χ0v) is 20.6. The molecule has 0 radical (unpaired) electrons. The van der Waals surface area contributed by atoms with Crippen molar-refractivity contribution in [2.24, 2.45) is 0 Å². The van der Waals surface area contributed by atoms with Crippen molar-refractivity contribution in [2.45, 2.75) is 32.9 Å². The number of carbonyl (C=O) groups is 2. The van der Waals surface area contributed by atoms with Crippen molar-refractivity contribution in [3.63, 3.8) is 0 Å². The molecule has 0 aliphatic carbocycles. The van der Waals surface area contributed by atoms with E-state index in [1.807, 2.05) is 45.0 Å². The summed E-state index contributed by atoms with van der Waals surface area (Å²) in [5.74, 6) is -0.388. The lowest BCUT2D eigenvalue weighted by atomic mass is 9.95. The molecular weight excluding hydrogens is 492 g/mol. The van der Waals surface area contributed by atoms with Crippen molar-refractivity contribution in [3.05, 3.63) is 69.8 Å². The van der Waals surface area contributed by atoms with E-state index in [0.29, 0.717) is 22.1 Å². The monoisotopic (exact) mass is 516 g/mol. The zero-order valence-electron chi connectivity index (χ0n) is 18.2. The van der Waals surface area contributed by atoms with Gasteiger partial charge in [0.05, 0.1) is 17.7 Å². The standard InChI is InChI=1S/C23H25BrN4O3S/c1-13(2)31-21(29)19-14(3)28(4)23(32)27-20(19)15-5-9-17(10-6-15)25-22(30)26-18-11-7-16(24)8-12-18/h5-13,20H,1-4H3,(H,27,32)(H2,25,26,30). The van der Waals surface area contributed by atoms with Crippen molar-refractivity contribution < 1.29 is 14.3 Å². The molecular formula is C23H25BrN4O3S. The number of carbonyl (C=O) groups excluding carboxylic acids is 2. The van der Waals surface area contributed by atoms with Crippen LogP contribution in [0.3, 0.4) is 0 Å². The summed E-state index contributed by atoms with van der Waals surface area (Å²) < 4.78 is 6.39. The molecule has 168 valence electrons. The first-order valence-electron chi connectivity index (χ1n) is 10.0. The highest BCUT2D eigenvalue weighted by molar-refractivity contribution is 9.10. The van der Waals surface area contributed by atoms with Gasteiger partial charge in [0.15, 0.2) is 5.11 Å². The summed E-state index contributed by atoms with van der Waals surface area (Å²) in [5, 5.41) is 9.31. The number of amides is 2. The normalized spacial score (nSPS) is 16.0. The molecule has 2 amide bonds. The Hall–Kier alpha value is -2.91. The van der Waals surface area contributed by atoms with E-state index in [-0.39, 0.29) is 18.1 Å². The third-order valence-electron chi connectivity index (χ3n) is 4.92. The van der Waals surface area contributed by atoms with Crippen LogP contribution in [0.2, 0.25) is 0 Å². The summed E-state index contributed by atoms with van der Waals surface area (Å²) in [5.41, 5.74) is 3.37. The highest BCUT2D eigenvalue weighted by Gasteiger charge is 2.33. The number of benzene rings is 2. The Kier molecular flexibility index (Phi) is 7.52. The lowest BCUT2D eigenvalue weighted by molar-refractivity contribution is -0.143. The Labute approximate surface area is 201 Å². The molecule has 3 N–H and O–H groups in total. The number of thiocarbonyl (C=S) groups is 1. The molecule has 0 aromatic heterocycles. The maximum Gasteiger partial charge on any atom is 0.338 e. The lowest BCUT2D eigenvalue weighted by Gasteiger charge is -2.35. The number of urea groups is 1. The van der Waals surface area contributed by atoms with Crippen LogP contribution >= 0.6 is 28.1 Å². The smallest absolute Gasteiger partial charge is 0.338 e. The average Bonchev–Trinajstić information content (AvgIpc) is 2.73. The lowest BCUT2D eigenvalue weighted by Crippen LogP contribution is -2.46. The summed E-state index contributed by atoms with van der Waals surface area (Å²) in [6.45, 7) is 5.47. The van der Waals surface area contributed by atoms with Gasteiger partial charge in [-0.15, -0.1) is 0 Å². The van der Waals surface area contributed by atoms with Crippen LogP contribution in [0.4, 0.5) is 16.2 Å². The number of nitrogens with zero attached hydrogens (tertiary/aromatic N) is 1. The molecule has 1 aliphatic heterocycles. The van der Waals surface area contributed by atoms with Crippen molar-refractivity contribution in [1.82, 2.24) is 10.2 Å². The number of ether oxygens (including phenoxy) is 1. The van der Waals surface area contributed by atoms with Gasteiger partial charge in [-0.25, -0.2) is 9.59 Å². The molecule has 7 nitrogen and oxygen atoms in total. The van der Waals surface area contributed by atoms with E-state index in [9.17, 15) is 9.59 Å². The molecule has 0 saturated carbocycles. The maximum atomic E-state index is 12.8. The first kappa shape index (κ1) is 23.7. The van der Waals surface area contributed by atoms with Crippen LogP contribution < -0.4 is 16.0 Å². The fourth-order valence-electron chi connectivity index (χ4n) is 3.21. The Bertz CT molecular complexity index is 1050. The van der Waals surface area contributed by atoms with E-state index >= 15 is 0 Å². The minimum Gasteiger partial charge on any atom is -0.459 e. The predicted octanol–water partition coefficient (Wildman–Crippen LogP) is 5.18. The van der Waals surface area contributed by atoms with Gasteiger partial charge >= 0.3 is 12.0 Å². The highest BCUT2D eigenvalue weighted by Crippen LogP contribution is 2.31. The van der Waals surface area contributed by atoms with Crippen LogP contribution in [0.15, 0.2) is 64.3 Å². The number of rotatable bonds is 5. The summed E-state index contributed by atoms with van der Waals surface area (Å²) in [4.78, 5) is 26.8. The number of hydrogen-bond acceptors (Lipinski definition) is 4. The molecule has 1 heterocycles. The molecule has 1 atom stereocenters. The minimum atomic E-state index is -0.449. The van der Waals surface area contributed by atoms with Gasteiger partial charge in [-0.3, -0.25) is 0 Å². The predicted molar refractivity (Wildman–Crippen MR) is 133 cm³/mol. The molecule has 1 unspecified atom stereocenters. The fourth-order valence-corrected chi connectivity index (χ4v) is 3.73. The summed E-state index contributed by atoms with van der Waals surface area (Å²) in [7, 11) is 1.81. The molecule has 0 spiro atoms. The first-order valence-corrected chi connectivity index (χ1v) is 11.3. The van der Waals surface area contributed by atoms with Gasteiger partial charge in [0.25, 0.3) is 0 Å². The fraction of sp³-hybridized carbons (Fsp3) is 0.261. The van der Waals surface area contributed by atoms with Gasteiger partial charge in [0.2, 0.25) is 0 Å². The van der Waals surface area contributed by atoms with Gasteiger partial charge in [-0.05, 0) is 75.0 Å². The number of allylic oxidation sites excluding steroid dienone is 1. The molecule has 2 aromatic rings. The number of esters is 1. The topological polar surface area (TPSA) is 82.7 Å². The molecule has 2 aromatic carbocycles. The van der Waals surface area contributed by atoms with Crippen molar-refractivity contribution in [2.75, 3.05) is 17.7 Å². The third kappa shape index (κ3) is 5.66. The average molecular weight is 517 g/mol. The quantitative estimate of drug-likeness (QED) is 0.375. The summed E-state index contributed by atoms with van der Waals surface area (Å²) in [6, 6.07) is 13.7. The molecule has 0 saturated heterocycles. The third-order valence-corrected chi connectivity index (χ3v) is 5.84. The SMILES string of the molecule is CC1=C(C(=O)OC(C)C)C(c2ccc(NC(=O)Nc3ccc(Br)cc3)cc2)NC(=S)N1C. The molecule has 0 bridgehead atoms. The molecule has 32 heavy (non-hydrogen) atoms. The second-order valence-electron chi connectivity index (χ2n) is 7.60. The Morgan fingerprint density at radius 2 is 1.59 bits per heavy atom.